The molecule has 0 bridgehead atoms. The number of hydrogen-bond acceptors (Lipinski definition) is 5. The number of likely N-dealkylation sites (N-methyl/N-ethyl adjacent to an activating group) is 1. The van der Waals surface area contributed by atoms with Crippen molar-refractivity contribution in [2.75, 3.05) is 40.9 Å². The molecule has 8 nitrogen and oxygen atoms in total. The minimum Gasteiger partial charge on any atom is -0.387 e. The van der Waals surface area contributed by atoms with Gasteiger partial charge in [0.1, 0.15) is 13.2 Å². The van der Waals surface area contributed by atoms with Gasteiger partial charge in [0.05, 0.1) is 39.9 Å². The fourth-order valence-corrected chi connectivity index (χ4v) is 8.81. The van der Waals surface area contributed by atoms with Crippen molar-refractivity contribution >= 4 is 13.7 Å². The number of nitrogens with zero attached hydrogens (tertiary/aromatic N) is 1. The van der Waals surface area contributed by atoms with Gasteiger partial charge in [-0.2, -0.15) is 0 Å². The molecule has 0 aliphatic rings. The smallest absolute Gasteiger partial charge is 0.387 e. The number of aliphatic hydroxyl groups is 1. The summed E-state index contributed by atoms with van der Waals surface area (Å²) in [4.78, 5) is 23.3. The first kappa shape index (κ1) is 70.2. The van der Waals surface area contributed by atoms with Gasteiger partial charge in [-0.3, -0.25) is 13.8 Å². The average Bonchev–Trinajstić information content (AvgIpc) is 3.35. The molecule has 0 aromatic heterocycles. The number of carbonyl (C=O) groups is 1. The number of amides is 1. The average molecular weight is 1040 g/mol. The monoisotopic (exact) mass is 1040 g/mol. The van der Waals surface area contributed by atoms with E-state index in [4.69, 9.17) is 9.05 Å². The van der Waals surface area contributed by atoms with Gasteiger partial charge in [0, 0.05) is 6.42 Å². The first-order chi connectivity index (χ1) is 35.5. The van der Waals surface area contributed by atoms with Gasteiger partial charge in [-0.15, -0.1) is 0 Å². The molecule has 0 saturated carbocycles. The van der Waals surface area contributed by atoms with Crippen LogP contribution in [0.4, 0.5) is 0 Å². The number of phosphoric ester groups is 1. The second kappa shape index (κ2) is 54.0. The highest BCUT2D eigenvalue weighted by Crippen LogP contribution is 2.43. The summed E-state index contributed by atoms with van der Waals surface area (Å²) in [6.07, 6.45) is 79.2. The largest absolute Gasteiger partial charge is 0.472 e. The number of rotatable bonds is 53. The first-order valence-electron chi connectivity index (χ1n) is 29.8. The molecule has 1 amide bonds. The third kappa shape index (κ3) is 56.7. The standard InChI is InChI=1S/C64H113N2O6P/c1-6-8-10-12-14-16-18-20-22-24-25-26-27-28-29-30-31-32-33-34-35-36-37-38-39-40-41-42-44-46-48-50-52-54-56-58-64(68)65-62(61-72-73(69,70)71-60-59-66(3,4)5)63(67)57-55-53-51-49-47-45-43-23-21-19-17-15-13-11-9-7-2/h8,10,14,16,20-23,25-26,28-29,31-32,47,49,55,57,62-63,67H,6-7,9,11-13,15,17-19,24,27,30,33-46,48,50-54,56,58-61H2,1-5H3,(H-,65,68,69,70)/p+1/b10-8-,16-14-,22-20-,23-21+,26-25-,29-28-,32-31-,49-47+,57-55+. The van der Waals surface area contributed by atoms with Crippen molar-refractivity contribution in [3.05, 3.63) is 109 Å². The zero-order chi connectivity index (χ0) is 53.5. The van der Waals surface area contributed by atoms with Crippen molar-refractivity contribution in [2.45, 2.75) is 251 Å². The van der Waals surface area contributed by atoms with E-state index in [0.29, 0.717) is 17.4 Å². The van der Waals surface area contributed by atoms with Crippen LogP contribution in [0.1, 0.15) is 239 Å². The Morgan fingerprint density at radius 1 is 0.479 bits per heavy atom. The Balaban J connectivity index is 4.12. The molecule has 3 atom stereocenters. The van der Waals surface area contributed by atoms with Gasteiger partial charge in [0.2, 0.25) is 5.91 Å². The predicted octanol–water partition coefficient (Wildman–Crippen LogP) is 18.4. The van der Waals surface area contributed by atoms with Crippen molar-refractivity contribution in [1.29, 1.82) is 0 Å². The second-order valence-corrected chi connectivity index (χ2v) is 22.4. The maximum atomic E-state index is 13.0. The third-order valence-corrected chi connectivity index (χ3v) is 13.7. The summed E-state index contributed by atoms with van der Waals surface area (Å²) in [6.45, 7) is 4.66. The molecule has 0 aromatic rings. The highest BCUT2D eigenvalue weighted by atomic mass is 31.2. The summed E-state index contributed by atoms with van der Waals surface area (Å²) in [6, 6.07) is -0.875. The summed E-state index contributed by atoms with van der Waals surface area (Å²) < 4.78 is 23.7. The molecule has 9 heteroatoms. The van der Waals surface area contributed by atoms with Crippen LogP contribution in [0.3, 0.4) is 0 Å². The van der Waals surface area contributed by atoms with E-state index < -0.39 is 20.0 Å². The van der Waals surface area contributed by atoms with E-state index in [1.807, 2.05) is 27.2 Å². The Morgan fingerprint density at radius 2 is 0.836 bits per heavy atom. The highest BCUT2D eigenvalue weighted by molar-refractivity contribution is 7.47. The molecule has 0 saturated heterocycles. The molecular formula is C64H114N2O6P+. The number of carbonyl (C=O) groups excluding carboxylic acids is 1. The molecule has 3 N–H and O–H groups in total. The summed E-state index contributed by atoms with van der Waals surface area (Å²) in [5, 5.41) is 13.9. The zero-order valence-electron chi connectivity index (χ0n) is 47.8. The Kier molecular flexibility index (Phi) is 51.9. The van der Waals surface area contributed by atoms with E-state index >= 15 is 0 Å². The molecule has 0 radical (unpaired) electrons. The lowest BCUT2D eigenvalue weighted by molar-refractivity contribution is -0.870. The van der Waals surface area contributed by atoms with Crippen molar-refractivity contribution in [2.24, 2.45) is 0 Å². The summed E-state index contributed by atoms with van der Waals surface area (Å²) in [7, 11) is 1.54. The fourth-order valence-electron chi connectivity index (χ4n) is 8.08. The van der Waals surface area contributed by atoms with Gasteiger partial charge in [-0.1, -0.05) is 245 Å². The lowest BCUT2D eigenvalue weighted by Gasteiger charge is -2.25. The lowest BCUT2D eigenvalue weighted by Crippen LogP contribution is -2.45. The van der Waals surface area contributed by atoms with Crippen LogP contribution in [-0.2, 0) is 18.4 Å². The Morgan fingerprint density at radius 3 is 1.26 bits per heavy atom. The molecule has 0 aliphatic carbocycles. The molecule has 0 spiro atoms. The van der Waals surface area contributed by atoms with E-state index in [0.717, 1.165) is 83.5 Å². The van der Waals surface area contributed by atoms with E-state index in [1.165, 1.54) is 135 Å². The molecule has 0 rings (SSSR count). The van der Waals surface area contributed by atoms with E-state index in [9.17, 15) is 19.4 Å². The first-order valence-corrected chi connectivity index (χ1v) is 31.3. The molecule has 73 heavy (non-hydrogen) atoms. The van der Waals surface area contributed by atoms with Crippen LogP contribution in [0.15, 0.2) is 109 Å². The van der Waals surface area contributed by atoms with Gasteiger partial charge in [-0.25, -0.2) is 4.57 Å². The zero-order valence-corrected chi connectivity index (χ0v) is 48.7. The number of hydrogen-bond donors (Lipinski definition) is 3. The number of aliphatic hydroxyl groups excluding tert-OH is 1. The molecule has 0 aliphatic heterocycles. The fraction of sp³-hybridized carbons (Fsp3) is 0.703. The van der Waals surface area contributed by atoms with Gasteiger partial charge >= 0.3 is 7.82 Å². The topological polar surface area (TPSA) is 105 Å². The lowest BCUT2D eigenvalue weighted by atomic mass is 10.0. The maximum Gasteiger partial charge on any atom is 0.472 e. The minimum atomic E-state index is -4.36. The van der Waals surface area contributed by atoms with Crippen LogP contribution >= 0.6 is 7.82 Å². The second-order valence-electron chi connectivity index (χ2n) is 21.0. The minimum absolute atomic E-state index is 0.0498. The number of quaternary nitrogens is 1. The highest BCUT2D eigenvalue weighted by Gasteiger charge is 2.27. The van der Waals surface area contributed by atoms with Crippen LogP contribution < -0.4 is 5.32 Å². The van der Waals surface area contributed by atoms with Crippen molar-refractivity contribution < 1.29 is 32.9 Å². The predicted molar refractivity (Wildman–Crippen MR) is 318 cm³/mol. The molecule has 0 heterocycles. The van der Waals surface area contributed by atoms with Gasteiger partial charge in [0.25, 0.3) is 0 Å². The number of phosphoric acid groups is 1. The summed E-state index contributed by atoms with van der Waals surface area (Å²) >= 11 is 0. The van der Waals surface area contributed by atoms with Crippen LogP contribution in [0.25, 0.3) is 0 Å². The van der Waals surface area contributed by atoms with Crippen molar-refractivity contribution in [1.82, 2.24) is 5.32 Å². The van der Waals surface area contributed by atoms with Crippen LogP contribution in [0.2, 0.25) is 0 Å². The van der Waals surface area contributed by atoms with Gasteiger partial charge < -0.3 is 19.8 Å². The Bertz CT molecular complexity index is 1550. The molecule has 0 aromatic carbocycles. The molecule has 420 valence electrons. The van der Waals surface area contributed by atoms with Crippen LogP contribution in [0.5, 0.6) is 0 Å². The van der Waals surface area contributed by atoms with Crippen molar-refractivity contribution in [3.63, 3.8) is 0 Å². The van der Waals surface area contributed by atoms with Crippen molar-refractivity contribution in [3.8, 4) is 0 Å². The quantitative estimate of drug-likeness (QED) is 0.0243. The summed E-state index contributed by atoms with van der Waals surface area (Å²) in [5.41, 5.74) is 0. The molecule has 0 fully saturated rings. The van der Waals surface area contributed by atoms with Gasteiger partial charge in [0.15, 0.2) is 0 Å². The summed E-state index contributed by atoms with van der Waals surface area (Å²) in [5.74, 6) is -0.194. The van der Waals surface area contributed by atoms with Gasteiger partial charge in [-0.05, 0) is 96.3 Å². The van der Waals surface area contributed by atoms with E-state index in [2.05, 4.69) is 116 Å². The Hall–Kier alpha value is -2.84. The normalized spacial score (nSPS) is 14.7. The molecular weight excluding hydrogens is 924 g/mol. The van der Waals surface area contributed by atoms with E-state index in [1.54, 1.807) is 6.08 Å². The van der Waals surface area contributed by atoms with Crippen LogP contribution in [-0.4, -0.2) is 73.4 Å². The van der Waals surface area contributed by atoms with E-state index in [-0.39, 0.29) is 19.1 Å². The number of unbranched alkanes of at least 4 members (excludes halogenated alkanes) is 24. The number of nitrogens with one attached hydrogen (secondary N) is 1. The SMILES string of the molecule is CC/C=C\C/C=C\C/C=C\C/C=C\C/C=C\C/C=C\CCCCCCCCCCCCCCCCCCC(=O)NC(COP(=O)(O)OCC[N+](C)(C)C)C(O)/C=C/CC/C=C/CC/C=C/CCCCCCCC. The Labute approximate surface area is 451 Å². The van der Waals surface area contributed by atoms with Crippen LogP contribution in [0, 0.1) is 0 Å². The third-order valence-electron chi connectivity index (χ3n) is 12.7. The molecule has 3 unspecified atom stereocenters. The number of allylic oxidation sites excluding steroid dienone is 17. The maximum absolute atomic E-state index is 13.0.